The van der Waals surface area contributed by atoms with Crippen molar-refractivity contribution in [1.82, 2.24) is 0 Å². The molecule has 0 aromatic heterocycles. The highest BCUT2D eigenvalue weighted by molar-refractivity contribution is 6.36. The fourth-order valence-corrected chi connectivity index (χ4v) is 1.44. The van der Waals surface area contributed by atoms with E-state index in [2.05, 4.69) is 5.32 Å². The van der Waals surface area contributed by atoms with Crippen LogP contribution in [0.25, 0.3) is 0 Å². The summed E-state index contributed by atoms with van der Waals surface area (Å²) in [6.07, 6.45) is 0.499. The van der Waals surface area contributed by atoms with Gasteiger partial charge in [-0.25, -0.2) is 0 Å². The molecule has 4 N–H and O–H groups in total. The molecular formula is C9H11Cl2N3. The average molecular weight is 232 g/mol. The molecule has 1 aromatic rings. The van der Waals surface area contributed by atoms with Crippen LogP contribution in [0.2, 0.25) is 10.0 Å². The first-order valence-electron chi connectivity index (χ1n) is 4.11. The summed E-state index contributed by atoms with van der Waals surface area (Å²) in [4.78, 5) is 0. The van der Waals surface area contributed by atoms with Gasteiger partial charge in [0.25, 0.3) is 0 Å². The number of hydrogen-bond acceptors (Lipinski definition) is 2. The SMILES string of the molecule is N=C(N)CCNc1ccc(Cl)cc1Cl. The maximum Gasteiger partial charge on any atom is 0.0923 e. The van der Waals surface area contributed by atoms with Gasteiger partial charge in [0.1, 0.15) is 0 Å². The van der Waals surface area contributed by atoms with Crippen LogP contribution in [0.15, 0.2) is 18.2 Å². The summed E-state index contributed by atoms with van der Waals surface area (Å²) in [5.41, 5.74) is 6.01. The number of anilines is 1. The molecule has 0 atom stereocenters. The van der Waals surface area contributed by atoms with Crippen LogP contribution in [0, 0.1) is 5.41 Å². The molecule has 0 fully saturated rings. The molecule has 5 heteroatoms. The molecule has 0 radical (unpaired) electrons. The van der Waals surface area contributed by atoms with Crippen LogP contribution in [0.5, 0.6) is 0 Å². The summed E-state index contributed by atoms with van der Waals surface area (Å²) in [5.74, 6) is 0.155. The Balaban J connectivity index is 2.55. The summed E-state index contributed by atoms with van der Waals surface area (Å²) >= 11 is 11.6. The van der Waals surface area contributed by atoms with Crippen LogP contribution >= 0.6 is 23.2 Å². The van der Waals surface area contributed by atoms with Gasteiger partial charge >= 0.3 is 0 Å². The fourth-order valence-electron chi connectivity index (χ4n) is 0.965. The third-order valence-corrected chi connectivity index (χ3v) is 2.19. The summed E-state index contributed by atoms with van der Waals surface area (Å²) < 4.78 is 0. The molecule has 3 nitrogen and oxygen atoms in total. The molecule has 14 heavy (non-hydrogen) atoms. The molecule has 0 aliphatic carbocycles. The highest BCUT2D eigenvalue weighted by atomic mass is 35.5. The molecule has 0 saturated heterocycles. The zero-order valence-corrected chi connectivity index (χ0v) is 8.99. The van der Waals surface area contributed by atoms with Crippen LogP contribution in [-0.2, 0) is 0 Å². The first kappa shape index (κ1) is 11.1. The number of halogens is 2. The molecule has 0 unspecified atom stereocenters. The van der Waals surface area contributed by atoms with E-state index in [4.69, 9.17) is 34.3 Å². The number of hydrogen-bond donors (Lipinski definition) is 3. The van der Waals surface area contributed by atoms with Crippen molar-refractivity contribution in [3.05, 3.63) is 28.2 Å². The standard InChI is InChI=1S/C9H11Cl2N3/c10-6-1-2-8(7(11)5-6)14-4-3-9(12)13/h1-2,5,14H,3-4H2,(H3,12,13). The molecule has 0 aliphatic heterocycles. The van der Waals surface area contributed by atoms with Crippen molar-refractivity contribution in [2.45, 2.75) is 6.42 Å². The van der Waals surface area contributed by atoms with E-state index >= 15 is 0 Å². The molecule has 1 aromatic carbocycles. The van der Waals surface area contributed by atoms with Gasteiger partial charge in [-0.1, -0.05) is 23.2 Å². The second kappa shape index (κ2) is 5.08. The van der Waals surface area contributed by atoms with Gasteiger partial charge in [-0.05, 0) is 18.2 Å². The molecular weight excluding hydrogens is 221 g/mol. The highest BCUT2D eigenvalue weighted by Gasteiger charge is 1.99. The average Bonchev–Trinajstić information content (AvgIpc) is 2.08. The first-order valence-corrected chi connectivity index (χ1v) is 4.87. The van der Waals surface area contributed by atoms with Crippen molar-refractivity contribution in [2.24, 2.45) is 5.73 Å². The Morgan fingerprint density at radius 1 is 1.43 bits per heavy atom. The van der Waals surface area contributed by atoms with Crippen molar-refractivity contribution in [3.8, 4) is 0 Å². The van der Waals surface area contributed by atoms with Gasteiger partial charge in [-0.15, -0.1) is 0 Å². The van der Waals surface area contributed by atoms with E-state index in [0.29, 0.717) is 23.0 Å². The Bertz CT molecular complexity index is 339. The van der Waals surface area contributed by atoms with Gasteiger partial charge in [0.2, 0.25) is 0 Å². The maximum atomic E-state index is 7.03. The van der Waals surface area contributed by atoms with Gasteiger partial charge in [0.05, 0.1) is 16.5 Å². The number of rotatable bonds is 4. The first-order chi connectivity index (χ1) is 6.59. The molecule has 0 bridgehead atoms. The van der Waals surface area contributed by atoms with Gasteiger partial charge in [-0.3, -0.25) is 5.41 Å². The largest absolute Gasteiger partial charge is 0.388 e. The molecule has 0 spiro atoms. The van der Waals surface area contributed by atoms with Gasteiger partial charge < -0.3 is 11.1 Å². The predicted octanol–water partition coefficient (Wildman–Crippen LogP) is 2.73. The van der Waals surface area contributed by atoms with E-state index in [1.54, 1.807) is 18.2 Å². The van der Waals surface area contributed by atoms with E-state index in [1.807, 2.05) is 0 Å². The lowest BCUT2D eigenvalue weighted by atomic mass is 10.3. The predicted molar refractivity (Wildman–Crippen MR) is 61.5 cm³/mol. The van der Waals surface area contributed by atoms with E-state index < -0.39 is 0 Å². The molecule has 76 valence electrons. The van der Waals surface area contributed by atoms with Gasteiger partial charge in [0, 0.05) is 18.0 Å². The van der Waals surface area contributed by atoms with Crippen LogP contribution < -0.4 is 11.1 Å². The fraction of sp³-hybridized carbons (Fsp3) is 0.222. The van der Waals surface area contributed by atoms with E-state index in [-0.39, 0.29) is 5.84 Å². The van der Waals surface area contributed by atoms with Crippen molar-refractivity contribution >= 4 is 34.7 Å². The van der Waals surface area contributed by atoms with Crippen LogP contribution in [0.1, 0.15) is 6.42 Å². The van der Waals surface area contributed by atoms with Crippen molar-refractivity contribution in [1.29, 1.82) is 5.41 Å². The quantitative estimate of drug-likeness (QED) is 0.552. The lowest BCUT2D eigenvalue weighted by Crippen LogP contribution is -2.15. The number of nitrogens with two attached hydrogens (primary N) is 1. The molecule has 1 rings (SSSR count). The smallest absolute Gasteiger partial charge is 0.0923 e. The Morgan fingerprint density at radius 3 is 2.71 bits per heavy atom. The molecule has 0 heterocycles. The highest BCUT2D eigenvalue weighted by Crippen LogP contribution is 2.25. The number of amidine groups is 1. The summed E-state index contributed by atoms with van der Waals surface area (Å²) in [6.45, 7) is 0.594. The minimum absolute atomic E-state index is 0.155. The zero-order chi connectivity index (χ0) is 10.6. The normalized spacial score (nSPS) is 9.86. The third kappa shape index (κ3) is 3.44. The van der Waals surface area contributed by atoms with E-state index in [1.165, 1.54) is 0 Å². The van der Waals surface area contributed by atoms with E-state index in [0.717, 1.165) is 5.69 Å². The maximum absolute atomic E-state index is 7.03. The number of benzene rings is 1. The monoisotopic (exact) mass is 231 g/mol. The summed E-state index contributed by atoms with van der Waals surface area (Å²) in [6, 6.07) is 5.22. The summed E-state index contributed by atoms with van der Waals surface area (Å²) in [5, 5.41) is 11.3. The minimum atomic E-state index is 0.155. The topological polar surface area (TPSA) is 61.9 Å². The van der Waals surface area contributed by atoms with Crippen molar-refractivity contribution in [2.75, 3.05) is 11.9 Å². The van der Waals surface area contributed by atoms with Gasteiger partial charge in [0.15, 0.2) is 0 Å². The zero-order valence-electron chi connectivity index (χ0n) is 7.48. The molecule has 0 aliphatic rings. The molecule has 0 saturated carbocycles. The Hall–Kier alpha value is -0.930. The molecule has 0 amide bonds. The van der Waals surface area contributed by atoms with Crippen LogP contribution in [-0.4, -0.2) is 12.4 Å². The number of nitrogens with one attached hydrogen (secondary N) is 2. The Labute approximate surface area is 92.7 Å². The lowest BCUT2D eigenvalue weighted by molar-refractivity contribution is 1.08. The second-order valence-electron chi connectivity index (χ2n) is 2.83. The lowest BCUT2D eigenvalue weighted by Gasteiger charge is -2.07. The van der Waals surface area contributed by atoms with E-state index in [9.17, 15) is 0 Å². The van der Waals surface area contributed by atoms with Gasteiger partial charge in [-0.2, -0.15) is 0 Å². The van der Waals surface area contributed by atoms with Crippen molar-refractivity contribution < 1.29 is 0 Å². The van der Waals surface area contributed by atoms with Crippen molar-refractivity contribution in [3.63, 3.8) is 0 Å². The van der Waals surface area contributed by atoms with Crippen LogP contribution in [0.3, 0.4) is 0 Å². The minimum Gasteiger partial charge on any atom is -0.388 e. The third-order valence-electron chi connectivity index (χ3n) is 1.64. The Kier molecular flexibility index (Phi) is 4.04. The Morgan fingerprint density at radius 2 is 2.14 bits per heavy atom. The second-order valence-corrected chi connectivity index (χ2v) is 3.67. The summed E-state index contributed by atoms with van der Waals surface area (Å²) in [7, 11) is 0. The van der Waals surface area contributed by atoms with Crippen LogP contribution in [0.4, 0.5) is 5.69 Å².